The molecule has 4 aromatic rings. The zero-order chi connectivity index (χ0) is 22.2. The Hall–Kier alpha value is -3.16. The Morgan fingerprint density at radius 2 is 1.65 bits per heavy atom. The molecule has 0 radical (unpaired) electrons. The molecular weight excluding hydrogens is 413 g/mol. The van der Waals surface area contributed by atoms with Gasteiger partial charge >= 0.3 is 0 Å². The van der Waals surface area contributed by atoms with Crippen molar-refractivity contribution in [3.8, 4) is 0 Å². The maximum Gasteiger partial charge on any atom is 0.268 e. The van der Waals surface area contributed by atoms with E-state index in [1.165, 1.54) is 10.0 Å². The minimum Gasteiger partial charge on any atom is -0.353 e. The molecule has 1 aromatic heterocycles. The van der Waals surface area contributed by atoms with Gasteiger partial charge in [0, 0.05) is 23.8 Å². The van der Waals surface area contributed by atoms with Crippen molar-refractivity contribution in [2.75, 3.05) is 12.4 Å². The lowest BCUT2D eigenvalue weighted by Gasteiger charge is -2.11. The summed E-state index contributed by atoms with van der Waals surface area (Å²) in [5.74, 6) is -0.362. The number of aryl methyl sites for hydroxylation is 2. The smallest absolute Gasteiger partial charge is 0.268 e. The summed E-state index contributed by atoms with van der Waals surface area (Å²) >= 11 is 0. The number of nitrogens with one attached hydrogen (secondary N) is 2. The molecule has 0 atom stereocenters. The van der Waals surface area contributed by atoms with Gasteiger partial charge in [0.05, 0.1) is 16.1 Å². The molecule has 2 N–H and O–H groups in total. The molecule has 3 aromatic carbocycles. The topological polar surface area (TPSA) is 63.1 Å². The molecular formula is C24H24FN3O2S. The quantitative estimate of drug-likeness (QED) is 0.441. The highest BCUT2D eigenvalue weighted by atomic mass is 32.2. The molecule has 0 aliphatic rings. The first-order valence-corrected chi connectivity index (χ1v) is 11.4. The van der Waals surface area contributed by atoms with Crippen LogP contribution >= 0.6 is 0 Å². The summed E-state index contributed by atoms with van der Waals surface area (Å²) in [6.45, 7) is 4.26. The van der Waals surface area contributed by atoms with E-state index in [9.17, 15) is 12.8 Å². The predicted octanol–water partition coefficient (Wildman–Crippen LogP) is 5.10. The number of aromatic nitrogens is 1. The van der Waals surface area contributed by atoms with E-state index in [1.54, 1.807) is 42.6 Å². The monoisotopic (exact) mass is 437 g/mol. The van der Waals surface area contributed by atoms with Crippen LogP contribution in [-0.4, -0.2) is 19.4 Å². The Kier molecular flexibility index (Phi) is 5.56. The van der Waals surface area contributed by atoms with Crippen LogP contribution in [0.15, 0.2) is 71.8 Å². The number of benzene rings is 3. The van der Waals surface area contributed by atoms with Gasteiger partial charge in [-0.25, -0.2) is 16.8 Å². The number of anilines is 2. The molecule has 7 heteroatoms. The van der Waals surface area contributed by atoms with Crippen LogP contribution < -0.4 is 10.6 Å². The Morgan fingerprint density at radius 3 is 2.32 bits per heavy atom. The fourth-order valence-corrected chi connectivity index (χ4v) is 4.96. The summed E-state index contributed by atoms with van der Waals surface area (Å²) in [5, 5.41) is 6.96. The number of rotatable bonds is 6. The van der Waals surface area contributed by atoms with E-state index in [4.69, 9.17) is 0 Å². The standard InChI is InChI=1S/C24H24FN3O2S/c1-16-4-8-20(9-5-16)31(29,30)28-15-18(14-26-3)21-10-7-19(13-24(21)28)27-23-11-6-17(2)12-22(23)25/h4-13,15,26-27H,14H2,1-3H3. The van der Waals surface area contributed by atoms with Gasteiger partial charge in [0.25, 0.3) is 10.0 Å². The average Bonchev–Trinajstić information content (AvgIpc) is 3.09. The van der Waals surface area contributed by atoms with Gasteiger partial charge in [-0.05, 0) is 68.4 Å². The third kappa shape index (κ3) is 4.06. The first kappa shape index (κ1) is 21.1. The van der Waals surface area contributed by atoms with Gasteiger partial charge in [0.1, 0.15) is 5.82 Å². The number of nitrogens with zero attached hydrogens (tertiary/aromatic N) is 1. The van der Waals surface area contributed by atoms with E-state index in [2.05, 4.69) is 10.6 Å². The molecule has 0 spiro atoms. The van der Waals surface area contributed by atoms with Crippen LogP contribution in [0.3, 0.4) is 0 Å². The van der Waals surface area contributed by atoms with Crippen molar-refractivity contribution in [1.82, 2.24) is 9.29 Å². The van der Waals surface area contributed by atoms with E-state index in [0.29, 0.717) is 23.4 Å². The summed E-state index contributed by atoms with van der Waals surface area (Å²) in [7, 11) is -1.98. The molecule has 0 unspecified atom stereocenters. The lowest BCUT2D eigenvalue weighted by molar-refractivity contribution is 0.589. The Balaban J connectivity index is 1.84. The van der Waals surface area contributed by atoms with Crippen LogP contribution in [0.25, 0.3) is 10.9 Å². The third-order valence-electron chi connectivity index (χ3n) is 5.20. The highest BCUT2D eigenvalue weighted by Crippen LogP contribution is 2.30. The van der Waals surface area contributed by atoms with Gasteiger partial charge in [-0.3, -0.25) is 0 Å². The maximum absolute atomic E-state index is 14.3. The number of halogens is 1. The van der Waals surface area contributed by atoms with E-state index >= 15 is 0 Å². The van der Waals surface area contributed by atoms with Crippen molar-refractivity contribution in [3.05, 3.63) is 89.4 Å². The van der Waals surface area contributed by atoms with E-state index in [1.807, 2.05) is 39.1 Å². The van der Waals surface area contributed by atoms with E-state index in [-0.39, 0.29) is 10.7 Å². The largest absolute Gasteiger partial charge is 0.353 e. The van der Waals surface area contributed by atoms with Crippen LogP contribution in [0.5, 0.6) is 0 Å². The SMILES string of the molecule is CNCc1cn(S(=O)(=O)c2ccc(C)cc2)c2cc(Nc3ccc(C)cc3F)ccc12. The molecule has 5 nitrogen and oxygen atoms in total. The summed E-state index contributed by atoms with van der Waals surface area (Å²) in [6, 6.07) is 17.1. The predicted molar refractivity (Wildman–Crippen MR) is 123 cm³/mol. The van der Waals surface area contributed by atoms with Crippen LogP contribution in [0.1, 0.15) is 16.7 Å². The van der Waals surface area contributed by atoms with E-state index < -0.39 is 10.0 Å². The first-order chi connectivity index (χ1) is 14.8. The number of hydrogen-bond acceptors (Lipinski definition) is 4. The fourth-order valence-electron chi connectivity index (χ4n) is 3.57. The van der Waals surface area contributed by atoms with Gasteiger partial charge in [-0.1, -0.05) is 29.8 Å². The summed E-state index contributed by atoms with van der Waals surface area (Å²) in [5.41, 5.74) is 4.14. The zero-order valence-electron chi connectivity index (χ0n) is 17.6. The third-order valence-corrected chi connectivity index (χ3v) is 6.89. The second-order valence-electron chi connectivity index (χ2n) is 7.64. The molecule has 0 bridgehead atoms. The van der Waals surface area contributed by atoms with Crippen LogP contribution in [-0.2, 0) is 16.6 Å². The minimum atomic E-state index is -3.80. The molecule has 0 saturated carbocycles. The summed E-state index contributed by atoms with van der Waals surface area (Å²) in [4.78, 5) is 0.217. The van der Waals surface area contributed by atoms with Gasteiger partial charge in [-0.15, -0.1) is 0 Å². The van der Waals surface area contributed by atoms with Crippen LogP contribution in [0.4, 0.5) is 15.8 Å². The van der Waals surface area contributed by atoms with Crippen LogP contribution in [0, 0.1) is 19.7 Å². The zero-order valence-corrected chi connectivity index (χ0v) is 18.4. The molecule has 31 heavy (non-hydrogen) atoms. The Morgan fingerprint density at radius 1 is 0.935 bits per heavy atom. The molecule has 4 rings (SSSR count). The highest BCUT2D eigenvalue weighted by Gasteiger charge is 2.21. The summed E-state index contributed by atoms with van der Waals surface area (Å²) < 4.78 is 42.4. The molecule has 0 aliphatic heterocycles. The first-order valence-electron chi connectivity index (χ1n) is 9.93. The number of fused-ring (bicyclic) bond motifs is 1. The lowest BCUT2D eigenvalue weighted by atomic mass is 10.1. The van der Waals surface area contributed by atoms with Gasteiger partial charge in [0.15, 0.2) is 0 Å². The molecule has 0 fully saturated rings. The summed E-state index contributed by atoms with van der Waals surface area (Å²) in [6.07, 6.45) is 1.65. The molecule has 0 aliphatic carbocycles. The van der Waals surface area contributed by atoms with Crippen molar-refractivity contribution in [1.29, 1.82) is 0 Å². The van der Waals surface area contributed by atoms with Crippen LogP contribution in [0.2, 0.25) is 0 Å². The van der Waals surface area contributed by atoms with Gasteiger partial charge in [-0.2, -0.15) is 0 Å². The number of hydrogen-bond donors (Lipinski definition) is 2. The fraction of sp³-hybridized carbons (Fsp3) is 0.167. The lowest BCUT2D eigenvalue weighted by Crippen LogP contribution is -2.12. The molecule has 1 heterocycles. The molecule has 0 saturated heterocycles. The van der Waals surface area contributed by atoms with Crippen molar-refractivity contribution >= 4 is 32.3 Å². The van der Waals surface area contributed by atoms with Crippen molar-refractivity contribution in [2.45, 2.75) is 25.3 Å². The second kappa shape index (κ2) is 8.17. The molecule has 160 valence electrons. The minimum absolute atomic E-state index is 0.217. The normalized spacial score (nSPS) is 11.7. The molecule has 0 amide bonds. The van der Waals surface area contributed by atoms with Crippen molar-refractivity contribution in [2.24, 2.45) is 0 Å². The Bertz CT molecular complexity index is 1360. The van der Waals surface area contributed by atoms with E-state index in [0.717, 1.165) is 22.1 Å². The van der Waals surface area contributed by atoms with Gasteiger partial charge in [0.2, 0.25) is 0 Å². The highest BCUT2D eigenvalue weighted by molar-refractivity contribution is 7.90. The van der Waals surface area contributed by atoms with Gasteiger partial charge < -0.3 is 10.6 Å². The second-order valence-corrected chi connectivity index (χ2v) is 9.45. The average molecular weight is 438 g/mol. The maximum atomic E-state index is 14.3. The Labute approximate surface area is 181 Å². The van der Waals surface area contributed by atoms with Crippen molar-refractivity contribution < 1.29 is 12.8 Å². The van der Waals surface area contributed by atoms with Crippen molar-refractivity contribution in [3.63, 3.8) is 0 Å².